The van der Waals surface area contributed by atoms with Crippen LogP contribution < -0.4 is 18.9 Å². The lowest BCUT2D eigenvalue weighted by Gasteiger charge is -2.35. The molecule has 196 valence electrons. The number of hydrogen-bond acceptors (Lipinski definition) is 9. The number of aliphatic carboxylic acids is 1. The third-order valence-electron chi connectivity index (χ3n) is 5.29. The van der Waals surface area contributed by atoms with Crippen molar-refractivity contribution in [3.63, 3.8) is 0 Å². The number of anilines is 1. The molecule has 1 aromatic rings. The van der Waals surface area contributed by atoms with Crippen LogP contribution in [0, 0.1) is 5.92 Å². The Labute approximate surface area is 230 Å². The SMILES string of the molecule is CC(C)[C@@H](NI)C(=O)N[C@H](C)C(=O)Nc1ccc(COI)cc1O[C@@H]1O[C@H](C(=O)O)C[C@H](O)[C@H]1O. The van der Waals surface area contributed by atoms with Crippen LogP contribution in [0.4, 0.5) is 5.69 Å². The number of carboxylic acid groups (broad SMARTS) is 1. The van der Waals surface area contributed by atoms with Crippen molar-refractivity contribution in [3.8, 4) is 5.75 Å². The molecule has 12 nitrogen and oxygen atoms in total. The van der Waals surface area contributed by atoms with Gasteiger partial charge in [-0.05, 0) is 30.5 Å². The smallest absolute Gasteiger partial charge is 0.333 e. The van der Waals surface area contributed by atoms with Crippen molar-refractivity contribution in [2.45, 2.75) is 70.5 Å². The van der Waals surface area contributed by atoms with Gasteiger partial charge in [0.2, 0.25) is 18.1 Å². The molecule has 0 spiro atoms. The number of ether oxygens (including phenoxy) is 2. The maximum absolute atomic E-state index is 12.8. The van der Waals surface area contributed by atoms with E-state index < -0.39 is 48.6 Å². The van der Waals surface area contributed by atoms with Crippen molar-refractivity contribution >= 4 is 69.3 Å². The number of carbonyl (C=O) groups is 3. The zero-order chi connectivity index (χ0) is 26.3. The van der Waals surface area contributed by atoms with Crippen LogP contribution in [0.2, 0.25) is 0 Å². The van der Waals surface area contributed by atoms with Crippen LogP contribution in [0.25, 0.3) is 0 Å². The Hall–Kier alpha value is -1.31. The predicted octanol–water partition coefficient (Wildman–Crippen LogP) is 1.26. The van der Waals surface area contributed by atoms with Gasteiger partial charge in [-0.15, -0.1) is 0 Å². The fourth-order valence-corrected chi connectivity index (χ4v) is 4.59. The number of carbonyl (C=O) groups excluding carboxylic acids is 2. The fraction of sp³-hybridized carbons (Fsp3) is 0.571. The van der Waals surface area contributed by atoms with Gasteiger partial charge >= 0.3 is 5.97 Å². The number of benzene rings is 1. The van der Waals surface area contributed by atoms with Gasteiger partial charge in [0.05, 0.1) is 24.4 Å². The van der Waals surface area contributed by atoms with Crippen LogP contribution in [0.5, 0.6) is 5.75 Å². The maximum Gasteiger partial charge on any atom is 0.333 e. The second-order valence-electron chi connectivity index (χ2n) is 8.38. The van der Waals surface area contributed by atoms with Gasteiger partial charge in [-0.25, -0.2) is 8.32 Å². The van der Waals surface area contributed by atoms with Gasteiger partial charge in [0.25, 0.3) is 0 Å². The highest BCUT2D eigenvalue weighted by Crippen LogP contribution is 2.31. The van der Waals surface area contributed by atoms with E-state index in [1.807, 2.05) is 36.7 Å². The molecule has 0 bridgehead atoms. The van der Waals surface area contributed by atoms with Crippen molar-refractivity contribution in [1.29, 1.82) is 0 Å². The average molecular weight is 721 g/mol. The topological polar surface area (TPSA) is 176 Å². The summed E-state index contributed by atoms with van der Waals surface area (Å²) in [5, 5.41) is 34.9. The zero-order valence-electron chi connectivity index (χ0n) is 19.2. The molecular weight excluding hydrogens is 692 g/mol. The van der Waals surface area contributed by atoms with Crippen molar-refractivity contribution in [2.24, 2.45) is 5.92 Å². The molecule has 1 fully saturated rings. The van der Waals surface area contributed by atoms with Gasteiger partial charge in [0.1, 0.15) is 40.9 Å². The van der Waals surface area contributed by atoms with E-state index >= 15 is 0 Å². The Bertz CT molecular complexity index is 905. The number of aliphatic hydroxyl groups excluding tert-OH is 2. The van der Waals surface area contributed by atoms with Gasteiger partial charge in [0.15, 0.2) is 6.10 Å². The first kappa shape index (κ1) is 29.9. The summed E-state index contributed by atoms with van der Waals surface area (Å²) >= 11 is 3.60. The number of amides is 2. The first-order chi connectivity index (χ1) is 16.5. The van der Waals surface area contributed by atoms with E-state index in [1.54, 1.807) is 29.1 Å². The van der Waals surface area contributed by atoms with E-state index in [-0.39, 0.29) is 36.3 Å². The standard InChI is InChI=1S/C21H29I2N3O9/c1-9(2)16(26-22)19(30)24-10(3)18(29)25-12-5-4-11(8-33-23)6-14(12)34-21-17(28)13(27)7-15(35-21)20(31)32/h4-6,9-10,13,15-17,21,26-28H,7-8H2,1-3H3,(H,24,30)(H,25,29)(H,31,32)/t10-,13+,15+,16-,17-,21-/m1/s1. The highest BCUT2D eigenvalue weighted by molar-refractivity contribution is 14.1. The van der Waals surface area contributed by atoms with Crippen molar-refractivity contribution in [1.82, 2.24) is 8.85 Å². The van der Waals surface area contributed by atoms with Crippen LogP contribution in [0.3, 0.4) is 0 Å². The molecule has 1 heterocycles. The monoisotopic (exact) mass is 721 g/mol. The Morgan fingerprint density at radius 2 is 1.89 bits per heavy atom. The largest absolute Gasteiger partial charge is 0.479 e. The molecule has 0 saturated carbocycles. The van der Waals surface area contributed by atoms with Crippen molar-refractivity contribution in [3.05, 3.63) is 23.8 Å². The molecule has 1 aliphatic heterocycles. The molecule has 6 atom stereocenters. The summed E-state index contributed by atoms with van der Waals surface area (Å²) in [6, 6.07) is 3.35. The number of hydrogen-bond donors (Lipinski definition) is 6. The summed E-state index contributed by atoms with van der Waals surface area (Å²) in [5.74, 6) is -2.13. The molecule has 2 rings (SSSR count). The minimum atomic E-state index is -1.52. The van der Waals surface area contributed by atoms with E-state index in [1.165, 1.54) is 19.1 Å². The van der Waals surface area contributed by atoms with Gasteiger partial charge in [-0.1, -0.05) is 19.9 Å². The molecule has 0 aromatic heterocycles. The van der Waals surface area contributed by atoms with E-state index in [0.29, 0.717) is 5.56 Å². The molecule has 6 N–H and O–H groups in total. The number of carboxylic acids is 1. The number of aliphatic hydroxyl groups is 2. The summed E-state index contributed by atoms with van der Waals surface area (Å²) < 4.78 is 19.0. The van der Waals surface area contributed by atoms with E-state index in [9.17, 15) is 29.7 Å². The molecule has 14 heteroatoms. The molecule has 1 aliphatic rings. The van der Waals surface area contributed by atoms with Crippen LogP contribution in [0.1, 0.15) is 32.8 Å². The highest BCUT2D eigenvalue weighted by Gasteiger charge is 2.41. The molecule has 35 heavy (non-hydrogen) atoms. The molecule has 0 unspecified atom stereocenters. The number of halogens is 2. The van der Waals surface area contributed by atoms with Gasteiger partial charge in [-0.3, -0.25) is 9.59 Å². The Morgan fingerprint density at radius 3 is 2.46 bits per heavy atom. The molecule has 0 radical (unpaired) electrons. The second-order valence-corrected chi connectivity index (χ2v) is 9.62. The van der Waals surface area contributed by atoms with E-state index in [4.69, 9.17) is 12.5 Å². The first-order valence-corrected chi connectivity index (χ1v) is 12.7. The van der Waals surface area contributed by atoms with Crippen LogP contribution in [0.15, 0.2) is 18.2 Å². The highest BCUT2D eigenvalue weighted by atomic mass is 127. The summed E-state index contributed by atoms with van der Waals surface area (Å²) in [5.41, 5.74) is 0.839. The summed E-state index contributed by atoms with van der Waals surface area (Å²) in [7, 11) is 0. The zero-order valence-corrected chi connectivity index (χ0v) is 23.5. The maximum atomic E-state index is 12.8. The van der Waals surface area contributed by atoms with E-state index in [0.717, 1.165) is 0 Å². The van der Waals surface area contributed by atoms with Crippen LogP contribution in [-0.4, -0.2) is 69.8 Å². The summed E-state index contributed by atoms with van der Waals surface area (Å²) in [6.45, 7) is 5.47. The average Bonchev–Trinajstić information content (AvgIpc) is 2.78. The lowest BCUT2D eigenvalue weighted by Crippen LogP contribution is -2.52. The minimum Gasteiger partial charge on any atom is -0.479 e. The number of nitrogens with one attached hydrogen (secondary N) is 3. The summed E-state index contributed by atoms with van der Waals surface area (Å²) in [4.78, 5) is 36.6. The third kappa shape index (κ3) is 8.36. The fourth-order valence-electron chi connectivity index (χ4n) is 3.23. The van der Waals surface area contributed by atoms with Gasteiger partial charge < -0.3 is 38.5 Å². The van der Waals surface area contributed by atoms with Gasteiger partial charge in [-0.2, -0.15) is 0 Å². The van der Waals surface area contributed by atoms with Crippen molar-refractivity contribution < 1.29 is 42.2 Å². The molecule has 1 saturated heterocycles. The molecule has 1 aromatic carbocycles. The second kappa shape index (κ2) is 13.8. The number of rotatable bonds is 11. The van der Waals surface area contributed by atoms with Crippen molar-refractivity contribution in [2.75, 3.05) is 5.32 Å². The Kier molecular flexibility index (Phi) is 11.8. The quantitative estimate of drug-likeness (QED) is 0.144. The lowest BCUT2D eigenvalue weighted by molar-refractivity contribution is -0.238. The van der Waals surface area contributed by atoms with Crippen LogP contribution in [-0.2, 0) is 28.8 Å². The molecule has 2 amide bonds. The first-order valence-electron chi connectivity index (χ1n) is 10.7. The van der Waals surface area contributed by atoms with Crippen LogP contribution >= 0.6 is 45.9 Å². The third-order valence-corrected chi connectivity index (χ3v) is 6.27. The normalized spacial score (nSPS) is 23.9. The van der Waals surface area contributed by atoms with Gasteiger partial charge in [0, 0.05) is 29.3 Å². The minimum absolute atomic E-state index is 0.00160. The lowest BCUT2D eigenvalue weighted by atomic mass is 10.0. The Morgan fingerprint density at radius 1 is 1.20 bits per heavy atom. The predicted molar refractivity (Wildman–Crippen MR) is 141 cm³/mol. The molecular formula is C21H29I2N3O9. The summed E-state index contributed by atoms with van der Waals surface area (Å²) in [6.07, 6.45) is -6.10. The van der Waals surface area contributed by atoms with E-state index in [2.05, 4.69) is 14.2 Å². The molecule has 0 aliphatic carbocycles. The Balaban J connectivity index is 2.22.